The van der Waals surface area contributed by atoms with Gasteiger partial charge in [0.1, 0.15) is 11.9 Å². The number of carbonyl (C=O) groups is 2. The molecule has 4 rings (SSSR count). The van der Waals surface area contributed by atoms with E-state index in [0.717, 1.165) is 60.7 Å². The van der Waals surface area contributed by atoms with Crippen molar-refractivity contribution in [2.24, 2.45) is 52.3 Å². The molecule has 0 heterocycles. The molecule has 4 aliphatic carbocycles. The average Bonchev–Trinajstić information content (AvgIpc) is 3.26. The number of esters is 1. The van der Waals surface area contributed by atoms with E-state index in [4.69, 9.17) is 16.3 Å². The lowest BCUT2D eigenvalue weighted by atomic mass is 9.47. The van der Waals surface area contributed by atoms with Crippen molar-refractivity contribution in [2.45, 2.75) is 138 Å². The normalized spacial score (nSPS) is 37.3. The smallest absolute Gasteiger partial charge is 0.306 e. The van der Waals surface area contributed by atoms with Gasteiger partial charge in [0.2, 0.25) is 0 Å². The zero-order valence-corrected chi connectivity index (χ0v) is 26.7. The van der Waals surface area contributed by atoms with Gasteiger partial charge in [-0.3, -0.25) is 9.59 Å². The largest absolute Gasteiger partial charge is 0.462 e. The van der Waals surface area contributed by atoms with Gasteiger partial charge in [0.05, 0.1) is 5.88 Å². The Morgan fingerprint density at radius 1 is 1.03 bits per heavy atom. The minimum atomic E-state index is -0.154. The first-order chi connectivity index (χ1) is 18.5. The van der Waals surface area contributed by atoms with Crippen LogP contribution in [-0.2, 0) is 14.3 Å². The summed E-state index contributed by atoms with van der Waals surface area (Å²) in [5, 5.41) is 0. The highest BCUT2D eigenvalue weighted by atomic mass is 35.5. The van der Waals surface area contributed by atoms with E-state index in [1.807, 2.05) is 0 Å². The Bertz CT molecular complexity index is 894. The van der Waals surface area contributed by atoms with Gasteiger partial charge in [-0.1, -0.05) is 66.0 Å². The first-order valence-corrected chi connectivity index (χ1v) is 17.0. The first kappa shape index (κ1) is 31.1. The summed E-state index contributed by atoms with van der Waals surface area (Å²) in [5.41, 5.74) is 2.35. The van der Waals surface area contributed by atoms with Crippen molar-refractivity contribution in [3.8, 4) is 0 Å². The minimum absolute atomic E-state index is 0.000423. The summed E-state index contributed by atoms with van der Waals surface area (Å²) >= 11 is 5.57. The molecule has 3 fully saturated rings. The van der Waals surface area contributed by atoms with Crippen molar-refractivity contribution in [2.75, 3.05) is 5.88 Å². The van der Waals surface area contributed by atoms with E-state index in [2.05, 4.69) is 47.6 Å². The highest BCUT2D eigenvalue weighted by Crippen LogP contribution is 2.67. The monoisotopic (exact) mass is 560 g/mol. The summed E-state index contributed by atoms with van der Waals surface area (Å²) in [6.07, 6.45) is 17.8. The number of Topliss-reactive ketones (excluding diaryl/α,β-unsaturated/α-hetero) is 1. The van der Waals surface area contributed by atoms with Gasteiger partial charge in [-0.25, -0.2) is 0 Å². The van der Waals surface area contributed by atoms with Crippen LogP contribution in [0.15, 0.2) is 11.6 Å². The van der Waals surface area contributed by atoms with Crippen LogP contribution in [0, 0.1) is 52.3 Å². The molecule has 0 saturated heterocycles. The Hall–Kier alpha value is -0.830. The molecule has 39 heavy (non-hydrogen) atoms. The van der Waals surface area contributed by atoms with Gasteiger partial charge < -0.3 is 4.74 Å². The van der Waals surface area contributed by atoms with Crippen molar-refractivity contribution in [3.63, 3.8) is 0 Å². The molecule has 0 aliphatic heterocycles. The number of carbonyl (C=O) groups excluding carboxylic acids is 2. The molecule has 3 nitrogen and oxygen atoms in total. The number of ether oxygens (including phenoxy) is 1. The van der Waals surface area contributed by atoms with Crippen molar-refractivity contribution in [3.05, 3.63) is 11.6 Å². The lowest BCUT2D eigenvalue weighted by Gasteiger charge is -2.58. The second kappa shape index (κ2) is 13.0. The molecule has 222 valence electrons. The van der Waals surface area contributed by atoms with Crippen LogP contribution in [0.25, 0.3) is 0 Å². The fourth-order valence-electron chi connectivity index (χ4n) is 10.1. The van der Waals surface area contributed by atoms with Gasteiger partial charge >= 0.3 is 5.97 Å². The molecule has 0 amide bonds. The number of ketones is 1. The van der Waals surface area contributed by atoms with Crippen LogP contribution in [-0.4, -0.2) is 23.7 Å². The summed E-state index contributed by atoms with van der Waals surface area (Å²) in [6.45, 7) is 15.0. The van der Waals surface area contributed by atoms with E-state index in [0.29, 0.717) is 24.7 Å². The van der Waals surface area contributed by atoms with Gasteiger partial charge in [0.25, 0.3) is 0 Å². The summed E-state index contributed by atoms with van der Waals surface area (Å²) < 4.78 is 5.90. The Morgan fingerprint density at radius 3 is 2.49 bits per heavy atom. The summed E-state index contributed by atoms with van der Waals surface area (Å²) in [7, 11) is 0. The molecule has 0 radical (unpaired) electrons. The SMILES string of the molecule is CC[C@@H](CC[C@H](C)[C@H]1CC[C@H]2[C@@H]3CC=C4C[C@@H](OC(=O)CCCC(=O)CCl)CC[C@]4(C)[C@H]3CC[C@]12C)C(C)C. The van der Waals surface area contributed by atoms with E-state index in [1.54, 1.807) is 5.57 Å². The van der Waals surface area contributed by atoms with Crippen LogP contribution < -0.4 is 0 Å². The van der Waals surface area contributed by atoms with Gasteiger partial charge in [0, 0.05) is 19.3 Å². The molecule has 0 aromatic carbocycles. The van der Waals surface area contributed by atoms with Crippen molar-refractivity contribution in [1.82, 2.24) is 0 Å². The van der Waals surface area contributed by atoms with E-state index in [9.17, 15) is 9.59 Å². The zero-order valence-electron chi connectivity index (χ0n) is 25.9. The van der Waals surface area contributed by atoms with E-state index < -0.39 is 0 Å². The molecular formula is C35H57ClO3. The molecule has 3 saturated carbocycles. The molecule has 0 bridgehead atoms. The number of allylic oxidation sites excluding steroid dienone is 1. The standard InChI is InChI=1S/C35H57ClO3/c1-7-25(23(2)3)12-11-24(4)30-15-16-31-29-14-13-26-21-28(39-33(38)10-8-9-27(37)22-36)17-19-34(26,5)32(29)18-20-35(30,31)6/h13,23-25,28-32H,7-12,14-22H2,1-6H3/t24-,25-,28-,29-,30+,31-,32-,34-,35+/m0/s1. The number of fused-ring (bicyclic) bond motifs is 5. The molecular weight excluding hydrogens is 504 g/mol. The zero-order chi connectivity index (χ0) is 28.4. The van der Waals surface area contributed by atoms with Gasteiger partial charge in [0.15, 0.2) is 0 Å². The maximum absolute atomic E-state index is 12.4. The molecule has 0 N–H and O–H groups in total. The van der Waals surface area contributed by atoms with E-state index in [-0.39, 0.29) is 29.2 Å². The highest BCUT2D eigenvalue weighted by Gasteiger charge is 2.59. The number of alkyl halides is 1. The van der Waals surface area contributed by atoms with Gasteiger partial charge in [-0.2, -0.15) is 0 Å². The van der Waals surface area contributed by atoms with Crippen molar-refractivity contribution >= 4 is 23.4 Å². The summed E-state index contributed by atoms with van der Waals surface area (Å²) in [5.74, 6) is 5.78. The van der Waals surface area contributed by atoms with Crippen molar-refractivity contribution in [1.29, 1.82) is 0 Å². The quantitative estimate of drug-likeness (QED) is 0.135. The average molecular weight is 561 g/mol. The van der Waals surface area contributed by atoms with Crippen LogP contribution in [0.1, 0.15) is 131 Å². The third-order valence-electron chi connectivity index (χ3n) is 12.6. The molecule has 0 unspecified atom stereocenters. The Balaban J connectivity index is 1.36. The molecule has 0 spiro atoms. The molecule has 9 atom stereocenters. The van der Waals surface area contributed by atoms with Crippen LogP contribution in [0.5, 0.6) is 0 Å². The minimum Gasteiger partial charge on any atom is -0.462 e. The number of halogens is 1. The third kappa shape index (κ3) is 6.49. The molecule has 4 heteroatoms. The number of rotatable bonds is 12. The fraction of sp³-hybridized carbons (Fsp3) is 0.886. The van der Waals surface area contributed by atoms with Crippen LogP contribution in [0.4, 0.5) is 0 Å². The second-order valence-electron chi connectivity index (χ2n) is 14.8. The van der Waals surface area contributed by atoms with Crippen LogP contribution >= 0.6 is 11.6 Å². The fourth-order valence-corrected chi connectivity index (χ4v) is 10.3. The van der Waals surface area contributed by atoms with Crippen molar-refractivity contribution < 1.29 is 14.3 Å². The first-order valence-electron chi connectivity index (χ1n) is 16.5. The third-order valence-corrected chi connectivity index (χ3v) is 12.9. The Morgan fingerprint density at radius 2 is 1.79 bits per heavy atom. The Labute approximate surface area is 244 Å². The second-order valence-corrected chi connectivity index (χ2v) is 15.1. The number of hydrogen-bond acceptors (Lipinski definition) is 3. The van der Waals surface area contributed by atoms with Gasteiger partial charge in [-0.05, 0) is 110 Å². The number of hydrogen-bond donors (Lipinski definition) is 0. The van der Waals surface area contributed by atoms with Gasteiger partial charge in [-0.15, -0.1) is 11.6 Å². The van der Waals surface area contributed by atoms with E-state index in [1.165, 1.54) is 51.4 Å². The molecule has 4 aliphatic rings. The maximum Gasteiger partial charge on any atom is 0.306 e. The van der Waals surface area contributed by atoms with E-state index >= 15 is 0 Å². The lowest BCUT2D eigenvalue weighted by molar-refractivity contribution is -0.151. The predicted octanol–water partition coefficient (Wildman–Crippen LogP) is 9.55. The highest BCUT2D eigenvalue weighted by molar-refractivity contribution is 6.27. The van der Waals surface area contributed by atoms with Crippen LogP contribution in [0.3, 0.4) is 0 Å². The summed E-state index contributed by atoms with van der Waals surface area (Å²) in [6, 6.07) is 0. The lowest BCUT2D eigenvalue weighted by Crippen LogP contribution is -2.51. The topological polar surface area (TPSA) is 43.4 Å². The maximum atomic E-state index is 12.4. The molecule has 0 aromatic heterocycles. The predicted molar refractivity (Wildman–Crippen MR) is 162 cm³/mol. The summed E-state index contributed by atoms with van der Waals surface area (Å²) in [4.78, 5) is 23.9. The van der Waals surface area contributed by atoms with Crippen LogP contribution in [0.2, 0.25) is 0 Å². The molecule has 0 aromatic rings. The Kier molecular flexibility index (Phi) is 10.4.